The van der Waals surface area contributed by atoms with Crippen molar-refractivity contribution in [3.05, 3.63) is 47.4 Å². The van der Waals surface area contributed by atoms with Crippen LogP contribution in [0.25, 0.3) is 0 Å². The fourth-order valence-corrected chi connectivity index (χ4v) is 3.00. The highest BCUT2D eigenvalue weighted by Gasteiger charge is 2.20. The number of aryl methyl sites for hydroxylation is 2. The number of aliphatic imine (C=N–C) groups is 1. The first kappa shape index (κ1) is 18.2. The zero-order chi connectivity index (χ0) is 18.5. The molecule has 1 aliphatic rings. The first-order valence-electron chi connectivity index (χ1n) is 9.03. The first-order chi connectivity index (χ1) is 12.6. The molecule has 0 bridgehead atoms. The quantitative estimate of drug-likeness (QED) is 0.672. The van der Waals surface area contributed by atoms with Gasteiger partial charge in [-0.2, -0.15) is 0 Å². The number of nitrogens with zero attached hydrogens (tertiary/aromatic N) is 4. The SMILES string of the molecule is CCNC(=NCc1nc(C)c(C)o1)N1CCN(c2ccc(F)cc2)CC1. The third-order valence-electron chi connectivity index (χ3n) is 4.54. The highest BCUT2D eigenvalue weighted by Crippen LogP contribution is 2.17. The number of hydrogen-bond acceptors (Lipinski definition) is 4. The summed E-state index contributed by atoms with van der Waals surface area (Å²) in [5, 5.41) is 3.34. The molecule has 2 aromatic rings. The second-order valence-corrected chi connectivity index (χ2v) is 6.37. The maximum absolute atomic E-state index is 13.1. The van der Waals surface area contributed by atoms with Crippen molar-refractivity contribution < 1.29 is 8.81 Å². The fourth-order valence-electron chi connectivity index (χ4n) is 3.00. The standard InChI is InChI=1S/C19H26FN5O/c1-4-21-19(22-13-18-23-14(2)15(3)26-18)25-11-9-24(10-12-25)17-7-5-16(20)6-8-17/h5-8H,4,9-13H2,1-3H3,(H,21,22). The molecule has 0 saturated carbocycles. The fraction of sp³-hybridized carbons (Fsp3) is 0.474. The molecule has 1 saturated heterocycles. The van der Waals surface area contributed by atoms with E-state index in [0.717, 1.165) is 55.8 Å². The molecule has 6 nitrogen and oxygen atoms in total. The lowest BCUT2D eigenvalue weighted by molar-refractivity contribution is 0.371. The number of aromatic nitrogens is 1. The van der Waals surface area contributed by atoms with Crippen molar-refractivity contribution in [3.63, 3.8) is 0 Å². The lowest BCUT2D eigenvalue weighted by atomic mass is 10.2. The van der Waals surface area contributed by atoms with Crippen molar-refractivity contribution >= 4 is 11.6 Å². The van der Waals surface area contributed by atoms with Gasteiger partial charge in [0.25, 0.3) is 0 Å². The third kappa shape index (κ3) is 4.33. The molecule has 1 N–H and O–H groups in total. The molecule has 0 aliphatic carbocycles. The van der Waals surface area contributed by atoms with Gasteiger partial charge in [0.05, 0.1) is 5.69 Å². The first-order valence-corrected chi connectivity index (χ1v) is 9.03. The number of hydrogen-bond donors (Lipinski definition) is 1. The molecule has 0 radical (unpaired) electrons. The van der Waals surface area contributed by atoms with Gasteiger partial charge in [-0.05, 0) is 45.0 Å². The van der Waals surface area contributed by atoms with E-state index in [9.17, 15) is 4.39 Å². The van der Waals surface area contributed by atoms with E-state index in [1.807, 2.05) is 26.0 Å². The van der Waals surface area contributed by atoms with E-state index < -0.39 is 0 Å². The van der Waals surface area contributed by atoms with Gasteiger partial charge in [0.15, 0.2) is 5.96 Å². The number of anilines is 1. The minimum atomic E-state index is -0.203. The van der Waals surface area contributed by atoms with Crippen LogP contribution in [-0.2, 0) is 6.54 Å². The summed E-state index contributed by atoms with van der Waals surface area (Å²) < 4.78 is 18.7. The molecule has 1 fully saturated rings. The monoisotopic (exact) mass is 359 g/mol. The van der Waals surface area contributed by atoms with E-state index in [2.05, 4.69) is 32.0 Å². The summed E-state index contributed by atoms with van der Waals surface area (Å²) in [6, 6.07) is 6.68. The predicted octanol–water partition coefficient (Wildman–Crippen LogP) is 2.72. The van der Waals surface area contributed by atoms with Gasteiger partial charge in [0.1, 0.15) is 18.1 Å². The van der Waals surface area contributed by atoms with Crippen LogP contribution in [0.5, 0.6) is 0 Å². The minimum Gasteiger partial charge on any atom is -0.444 e. The van der Waals surface area contributed by atoms with Crippen LogP contribution in [0.15, 0.2) is 33.7 Å². The second-order valence-electron chi connectivity index (χ2n) is 6.37. The summed E-state index contributed by atoms with van der Waals surface area (Å²) >= 11 is 0. The van der Waals surface area contributed by atoms with Crippen molar-refractivity contribution in [3.8, 4) is 0 Å². The van der Waals surface area contributed by atoms with Crippen LogP contribution in [0.1, 0.15) is 24.3 Å². The van der Waals surface area contributed by atoms with Gasteiger partial charge in [-0.3, -0.25) is 0 Å². The Morgan fingerprint density at radius 3 is 2.46 bits per heavy atom. The Bertz CT molecular complexity index is 728. The van der Waals surface area contributed by atoms with Crippen molar-refractivity contribution in [2.45, 2.75) is 27.3 Å². The predicted molar refractivity (Wildman–Crippen MR) is 101 cm³/mol. The van der Waals surface area contributed by atoms with Gasteiger partial charge in [-0.15, -0.1) is 0 Å². The van der Waals surface area contributed by atoms with E-state index in [4.69, 9.17) is 4.42 Å². The summed E-state index contributed by atoms with van der Waals surface area (Å²) in [7, 11) is 0. The molecule has 1 aromatic heterocycles. The average Bonchev–Trinajstić information content (AvgIpc) is 2.97. The molecular weight excluding hydrogens is 333 g/mol. The summed E-state index contributed by atoms with van der Waals surface area (Å²) in [6.45, 7) is 10.6. The van der Waals surface area contributed by atoms with Crippen LogP contribution >= 0.6 is 0 Å². The molecule has 3 rings (SSSR count). The van der Waals surface area contributed by atoms with Gasteiger partial charge in [0, 0.05) is 38.4 Å². The van der Waals surface area contributed by atoms with E-state index in [-0.39, 0.29) is 5.82 Å². The molecule has 0 spiro atoms. The van der Waals surface area contributed by atoms with Crippen LogP contribution in [0.2, 0.25) is 0 Å². The van der Waals surface area contributed by atoms with Crippen molar-refractivity contribution in [1.29, 1.82) is 0 Å². The normalized spacial score (nSPS) is 15.5. The summed E-state index contributed by atoms with van der Waals surface area (Å²) in [5.41, 5.74) is 1.96. The number of oxazole rings is 1. The third-order valence-corrected chi connectivity index (χ3v) is 4.54. The zero-order valence-corrected chi connectivity index (χ0v) is 15.6. The van der Waals surface area contributed by atoms with Crippen LogP contribution in [0, 0.1) is 19.7 Å². The number of halogens is 1. The number of piperazine rings is 1. The van der Waals surface area contributed by atoms with Gasteiger partial charge < -0.3 is 19.5 Å². The smallest absolute Gasteiger partial charge is 0.216 e. The van der Waals surface area contributed by atoms with E-state index in [0.29, 0.717) is 12.4 Å². The largest absolute Gasteiger partial charge is 0.444 e. The maximum atomic E-state index is 13.1. The Morgan fingerprint density at radius 1 is 1.19 bits per heavy atom. The molecular formula is C19H26FN5O. The summed E-state index contributed by atoms with van der Waals surface area (Å²) in [6.07, 6.45) is 0. The lowest BCUT2D eigenvalue weighted by Gasteiger charge is -2.37. The number of guanidine groups is 1. The number of rotatable bonds is 4. The number of benzene rings is 1. The van der Waals surface area contributed by atoms with Gasteiger partial charge in [-0.1, -0.05) is 0 Å². The van der Waals surface area contributed by atoms with Crippen molar-refractivity contribution in [2.24, 2.45) is 4.99 Å². The van der Waals surface area contributed by atoms with Gasteiger partial charge in [-0.25, -0.2) is 14.4 Å². The molecule has 0 unspecified atom stereocenters. The van der Waals surface area contributed by atoms with E-state index in [1.165, 1.54) is 12.1 Å². The Balaban J connectivity index is 1.62. The summed E-state index contributed by atoms with van der Waals surface area (Å²) in [4.78, 5) is 13.6. The molecule has 1 aliphatic heterocycles. The van der Waals surface area contributed by atoms with Gasteiger partial charge in [0.2, 0.25) is 5.89 Å². The highest BCUT2D eigenvalue weighted by molar-refractivity contribution is 5.80. The van der Waals surface area contributed by atoms with E-state index in [1.54, 1.807) is 0 Å². The van der Waals surface area contributed by atoms with Crippen molar-refractivity contribution in [2.75, 3.05) is 37.6 Å². The second kappa shape index (κ2) is 8.21. The van der Waals surface area contributed by atoms with Crippen molar-refractivity contribution in [1.82, 2.24) is 15.2 Å². The minimum absolute atomic E-state index is 0.203. The molecule has 1 aromatic carbocycles. The van der Waals surface area contributed by atoms with E-state index >= 15 is 0 Å². The average molecular weight is 359 g/mol. The summed E-state index contributed by atoms with van der Waals surface area (Å²) in [5.74, 6) is 2.15. The Labute approximate surface area is 153 Å². The molecule has 2 heterocycles. The van der Waals surface area contributed by atoms with Crippen LogP contribution < -0.4 is 10.2 Å². The Morgan fingerprint density at radius 2 is 1.88 bits per heavy atom. The molecule has 0 atom stereocenters. The molecule has 7 heteroatoms. The van der Waals surface area contributed by atoms with Gasteiger partial charge >= 0.3 is 0 Å². The number of nitrogens with one attached hydrogen (secondary N) is 1. The Hall–Kier alpha value is -2.57. The highest BCUT2D eigenvalue weighted by atomic mass is 19.1. The van der Waals surface area contributed by atoms with Crippen LogP contribution in [-0.4, -0.2) is 48.6 Å². The van der Waals surface area contributed by atoms with Crippen LogP contribution in [0.4, 0.5) is 10.1 Å². The maximum Gasteiger partial charge on any atom is 0.216 e. The lowest BCUT2D eigenvalue weighted by Crippen LogP contribution is -2.52. The molecule has 140 valence electrons. The zero-order valence-electron chi connectivity index (χ0n) is 15.6. The van der Waals surface area contributed by atoms with Crippen LogP contribution in [0.3, 0.4) is 0 Å². The Kier molecular flexibility index (Phi) is 5.75. The topological polar surface area (TPSA) is 56.9 Å². The molecule has 0 amide bonds. The molecule has 26 heavy (non-hydrogen) atoms.